The molecular formula is C20H36O6. The number of esters is 1. The summed E-state index contributed by atoms with van der Waals surface area (Å²) in [5.41, 5.74) is 0. The van der Waals surface area contributed by atoms with Crippen LogP contribution in [0.4, 0.5) is 0 Å². The van der Waals surface area contributed by atoms with Crippen molar-refractivity contribution in [1.29, 1.82) is 0 Å². The largest absolute Gasteiger partial charge is 0.465 e. The minimum Gasteiger partial charge on any atom is -0.465 e. The molecule has 1 aliphatic heterocycles. The predicted octanol–water partition coefficient (Wildman–Crippen LogP) is 2.64. The molecule has 2 fully saturated rings. The average molecular weight is 373 g/mol. The van der Waals surface area contributed by atoms with Crippen molar-refractivity contribution >= 4 is 5.97 Å². The second-order valence-electron chi connectivity index (χ2n) is 8.02. The first-order valence-electron chi connectivity index (χ1n) is 10.2. The van der Waals surface area contributed by atoms with Crippen LogP contribution >= 0.6 is 0 Å². The van der Waals surface area contributed by atoms with Crippen LogP contribution in [0.3, 0.4) is 0 Å². The lowest BCUT2D eigenvalue weighted by Crippen LogP contribution is -2.48. The number of aliphatic hydroxyl groups excluding tert-OH is 2. The third-order valence-corrected chi connectivity index (χ3v) is 5.84. The van der Waals surface area contributed by atoms with E-state index in [2.05, 4.69) is 13.8 Å². The van der Waals surface area contributed by atoms with Crippen molar-refractivity contribution in [3.63, 3.8) is 0 Å². The number of carbonyl (C=O) groups excluding carboxylic acids is 1. The Balaban J connectivity index is 1.63. The molecule has 0 aromatic heterocycles. The Kier molecular flexibility index (Phi) is 8.33. The molecule has 2 rings (SSSR count). The van der Waals surface area contributed by atoms with Crippen LogP contribution in [0.1, 0.15) is 66.2 Å². The predicted molar refractivity (Wildman–Crippen MR) is 97.4 cm³/mol. The van der Waals surface area contributed by atoms with Crippen molar-refractivity contribution in [1.82, 2.24) is 0 Å². The Hall–Kier alpha value is -0.690. The summed E-state index contributed by atoms with van der Waals surface area (Å²) in [4.78, 5) is 12.1. The Morgan fingerprint density at radius 1 is 1.19 bits per heavy atom. The molecule has 26 heavy (non-hydrogen) atoms. The van der Waals surface area contributed by atoms with Gasteiger partial charge in [-0.2, -0.15) is 0 Å². The number of hydrogen-bond donors (Lipinski definition) is 2. The van der Waals surface area contributed by atoms with E-state index in [9.17, 15) is 15.0 Å². The van der Waals surface area contributed by atoms with E-state index in [0.717, 1.165) is 32.1 Å². The Morgan fingerprint density at radius 3 is 2.54 bits per heavy atom. The number of hydrogen-bond acceptors (Lipinski definition) is 6. The van der Waals surface area contributed by atoms with Gasteiger partial charge in [-0.1, -0.05) is 26.7 Å². The first-order chi connectivity index (χ1) is 12.3. The van der Waals surface area contributed by atoms with Crippen LogP contribution in [0.25, 0.3) is 0 Å². The zero-order valence-corrected chi connectivity index (χ0v) is 16.6. The van der Waals surface area contributed by atoms with E-state index in [1.807, 2.05) is 6.92 Å². The molecule has 0 aromatic rings. The van der Waals surface area contributed by atoms with Gasteiger partial charge >= 0.3 is 5.97 Å². The topological polar surface area (TPSA) is 85.2 Å². The van der Waals surface area contributed by atoms with Gasteiger partial charge < -0.3 is 24.4 Å². The Bertz CT molecular complexity index is 438. The van der Waals surface area contributed by atoms with Crippen LogP contribution in [0.15, 0.2) is 0 Å². The van der Waals surface area contributed by atoms with Crippen LogP contribution in [0, 0.1) is 17.8 Å². The Morgan fingerprint density at radius 2 is 1.88 bits per heavy atom. The molecule has 6 heteroatoms. The van der Waals surface area contributed by atoms with E-state index in [1.165, 1.54) is 0 Å². The number of rotatable bonds is 10. The van der Waals surface area contributed by atoms with Gasteiger partial charge in [-0.3, -0.25) is 4.79 Å². The fraction of sp³-hybridized carbons (Fsp3) is 0.950. The van der Waals surface area contributed by atoms with Crippen molar-refractivity contribution in [2.24, 2.45) is 17.8 Å². The lowest BCUT2D eigenvalue weighted by Gasteiger charge is -2.36. The summed E-state index contributed by atoms with van der Waals surface area (Å²) in [7, 11) is 0. The van der Waals surface area contributed by atoms with Crippen molar-refractivity contribution in [3.8, 4) is 0 Å². The van der Waals surface area contributed by atoms with Gasteiger partial charge in [-0.05, 0) is 44.9 Å². The van der Waals surface area contributed by atoms with Gasteiger partial charge in [0, 0.05) is 6.42 Å². The van der Waals surface area contributed by atoms with Crippen molar-refractivity contribution in [3.05, 3.63) is 0 Å². The van der Waals surface area contributed by atoms with Gasteiger partial charge in [0.15, 0.2) is 6.29 Å². The van der Waals surface area contributed by atoms with Gasteiger partial charge in [-0.15, -0.1) is 0 Å². The SMILES string of the molecule is CCC(CC)COC(=O)[C@H]1CC1CC[C@@H](C)O[C@@H]1O[C@@H](C)[C@H](O)C[C@H]1O. The van der Waals surface area contributed by atoms with E-state index in [0.29, 0.717) is 18.4 Å². The molecule has 0 bridgehead atoms. The Labute approximate surface area is 157 Å². The van der Waals surface area contributed by atoms with Gasteiger partial charge in [0.25, 0.3) is 0 Å². The second kappa shape index (κ2) is 10.0. The standard InChI is InChI=1S/C20H36O6/c1-5-14(6-2)11-24-19(23)16-9-15(16)8-7-12(3)25-20-18(22)10-17(21)13(4)26-20/h12-18,20-22H,5-11H2,1-4H3/t12-,13+,15?,16+,17-,18-,20-/m1/s1. The number of carbonyl (C=O) groups is 1. The summed E-state index contributed by atoms with van der Waals surface area (Å²) in [6, 6.07) is 0. The molecule has 2 N–H and O–H groups in total. The van der Waals surface area contributed by atoms with Gasteiger partial charge in [0.05, 0.1) is 30.8 Å². The molecule has 0 spiro atoms. The molecule has 1 saturated carbocycles. The van der Waals surface area contributed by atoms with E-state index < -0.39 is 18.5 Å². The first-order valence-corrected chi connectivity index (χ1v) is 10.2. The summed E-state index contributed by atoms with van der Waals surface area (Å²) >= 11 is 0. The molecule has 2 aliphatic rings. The molecule has 0 amide bonds. The molecule has 152 valence electrons. The normalized spacial score (nSPS) is 35.3. The quantitative estimate of drug-likeness (QED) is 0.574. The molecule has 1 unspecified atom stereocenters. The molecule has 1 aliphatic carbocycles. The molecule has 1 heterocycles. The maximum absolute atomic E-state index is 12.1. The highest BCUT2D eigenvalue weighted by Gasteiger charge is 2.44. The lowest BCUT2D eigenvalue weighted by atomic mass is 10.0. The average Bonchev–Trinajstić information content (AvgIpc) is 3.38. The molecule has 0 radical (unpaired) electrons. The van der Waals surface area contributed by atoms with Gasteiger partial charge in [-0.25, -0.2) is 0 Å². The van der Waals surface area contributed by atoms with Crippen LogP contribution in [0.5, 0.6) is 0 Å². The molecule has 6 nitrogen and oxygen atoms in total. The monoisotopic (exact) mass is 372 g/mol. The summed E-state index contributed by atoms with van der Waals surface area (Å²) in [6.45, 7) is 8.51. The fourth-order valence-corrected chi connectivity index (χ4v) is 3.50. The maximum atomic E-state index is 12.1. The highest BCUT2D eigenvalue weighted by atomic mass is 16.7. The zero-order valence-electron chi connectivity index (χ0n) is 16.6. The molecule has 1 saturated heterocycles. The van der Waals surface area contributed by atoms with Crippen LogP contribution in [-0.4, -0.2) is 53.5 Å². The van der Waals surface area contributed by atoms with Crippen LogP contribution < -0.4 is 0 Å². The highest BCUT2D eigenvalue weighted by molar-refractivity contribution is 5.75. The lowest BCUT2D eigenvalue weighted by molar-refractivity contribution is -0.273. The van der Waals surface area contributed by atoms with Gasteiger partial charge in [0.2, 0.25) is 0 Å². The number of aliphatic hydroxyl groups is 2. The summed E-state index contributed by atoms with van der Waals surface area (Å²) in [6.07, 6.45) is 2.41. The number of ether oxygens (including phenoxy) is 3. The second-order valence-corrected chi connectivity index (χ2v) is 8.02. The molecule has 7 atom stereocenters. The first kappa shape index (κ1) is 21.6. The third kappa shape index (κ3) is 6.19. The van der Waals surface area contributed by atoms with Crippen molar-refractivity contribution < 1.29 is 29.2 Å². The van der Waals surface area contributed by atoms with E-state index in [1.54, 1.807) is 6.92 Å². The van der Waals surface area contributed by atoms with Gasteiger partial charge in [0.1, 0.15) is 6.10 Å². The maximum Gasteiger partial charge on any atom is 0.309 e. The third-order valence-electron chi connectivity index (χ3n) is 5.84. The minimum atomic E-state index is -0.808. The highest BCUT2D eigenvalue weighted by Crippen LogP contribution is 2.43. The summed E-state index contributed by atoms with van der Waals surface area (Å²) < 4.78 is 16.8. The molecular weight excluding hydrogens is 336 g/mol. The summed E-state index contributed by atoms with van der Waals surface area (Å²) in [5.74, 6) is 0.841. The van der Waals surface area contributed by atoms with E-state index in [-0.39, 0.29) is 30.5 Å². The van der Waals surface area contributed by atoms with E-state index >= 15 is 0 Å². The van der Waals surface area contributed by atoms with E-state index in [4.69, 9.17) is 14.2 Å². The van der Waals surface area contributed by atoms with Crippen molar-refractivity contribution in [2.45, 2.75) is 96.9 Å². The fourth-order valence-electron chi connectivity index (χ4n) is 3.50. The zero-order chi connectivity index (χ0) is 19.3. The molecule has 0 aromatic carbocycles. The summed E-state index contributed by atoms with van der Waals surface area (Å²) in [5, 5.41) is 19.7. The van der Waals surface area contributed by atoms with Crippen LogP contribution in [-0.2, 0) is 19.0 Å². The minimum absolute atomic E-state index is 0.0447. The van der Waals surface area contributed by atoms with Crippen molar-refractivity contribution in [2.75, 3.05) is 6.61 Å². The smallest absolute Gasteiger partial charge is 0.309 e. The van der Waals surface area contributed by atoms with Crippen LogP contribution in [0.2, 0.25) is 0 Å².